The number of nitrogens with zero attached hydrogens (tertiary/aromatic N) is 3. The van der Waals surface area contributed by atoms with E-state index in [1.54, 1.807) is 19.1 Å². The van der Waals surface area contributed by atoms with Gasteiger partial charge in [-0.1, -0.05) is 30.3 Å². The van der Waals surface area contributed by atoms with E-state index < -0.39 is 10.6 Å². The van der Waals surface area contributed by atoms with Crippen LogP contribution in [-0.2, 0) is 0 Å². The molecule has 0 amide bonds. The smallest absolute Gasteiger partial charge is 0.135 e. The number of aryl methyl sites for hydroxylation is 1. The van der Waals surface area contributed by atoms with E-state index in [9.17, 15) is 14.7 Å². The van der Waals surface area contributed by atoms with Crippen LogP contribution in [0.25, 0.3) is 10.8 Å². The van der Waals surface area contributed by atoms with E-state index >= 15 is 0 Å². The second-order valence-electron chi connectivity index (χ2n) is 3.71. The SMILES string of the molecule is Cc1cc2ccccc2cc1S(N=O)(N=O)N=O. The van der Waals surface area contributed by atoms with Gasteiger partial charge in [0.05, 0.1) is 4.90 Å². The van der Waals surface area contributed by atoms with E-state index in [0.717, 1.165) is 10.8 Å². The van der Waals surface area contributed by atoms with E-state index in [0.29, 0.717) is 5.56 Å². The second kappa shape index (κ2) is 4.61. The Kier molecular flexibility index (Phi) is 3.15. The van der Waals surface area contributed by atoms with Crippen LogP contribution in [0.1, 0.15) is 5.56 Å². The zero-order valence-electron chi connectivity index (χ0n) is 9.44. The van der Waals surface area contributed by atoms with Gasteiger partial charge in [-0.2, -0.15) is 0 Å². The molecule has 0 aliphatic carbocycles. The summed E-state index contributed by atoms with van der Waals surface area (Å²) in [6.07, 6.45) is 0. The van der Waals surface area contributed by atoms with Gasteiger partial charge in [-0.25, -0.2) is 0 Å². The number of hydrogen-bond donors (Lipinski definition) is 0. The van der Waals surface area contributed by atoms with Crippen molar-refractivity contribution in [3.63, 3.8) is 0 Å². The lowest BCUT2D eigenvalue weighted by molar-refractivity contribution is 1.28. The minimum atomic E-state index is -3.40. The van der Waals surface area contributed by atoms with Crippen LogP contribution in [0, 0.1) is 21.6 Å². The lowest BCUT2D eigenvalue weighted by Crippen LogP contribution is -1.93. The highest BCUT2D eigenvalue weighted by Crippen LogP contribution is 2.60. The molecule has 0 atom stereocenters. The molecule has 0 unspecified atom stereocenters. The Morgan fingerprint density at radius 3 is 1.89 bits per heavy atom. The number of fused-ring (bicyclic) bond motifs is 1. The fourth-order valence-electron chi connectivity index (χ4n) is 1.79. The largest absolute Gasteiger partial charge is 0.197 e. The highest BCUT2D eigenvalue weighted by atomic mass is 32.3. The van der Waals surface area contributed by atoms with Crippen LogP contribution < -0.4 is 0 Å². The number of rotatable bonds is 4. The number of nitroso groups, excluding NO2 is 3. The summed E-state index contributed by atoms with van der Waals surface area (Å²) in [6, 6.07) is 10.7. The number of hydrogen-bond acceptors (Lipinski definition) is 6. The Morgan fingerprint density at radius 1 is 0.889 bits per heavy atom. The van der Waals surface area contributed by atoms with Crippen LogP contribution in [-0.4, -0.2) is 0 Å². The van der Waals surface area contributed by atoms with Crippen molar-refractivity contribution >= 4 is 21.4 Å². The van der Waals surface area contributed by atoms with Gasteiger partial charge in [0.15, 0.2) is 10.6 Å². The van der Waals surface area contributed by atoms with Gasteiger partial charge in [0.1, 0.15) is 0 Å². The Morgan fingerprint density at radius 2 is 1.39 bits per heavy atom. The first-order valence-electron chi connectivity index (χ1n) is 5.03. The molecule has 92 valence electrons. The fourth-order valence-corrected chi connectivity index (χ4v) is 2.89. The fraction of sp³-hybridized carbons (Fsp3) is 0.0909. The summed E-state index contributed by atoms with van der Waals surface area (Å²) in [4.78, 5) is 32.5. The quantitative estimate of drug-likeness (QED) is 0.767. The van der Waals surface area contributed by atoms with E-state index in [2.05, 4.69) is 13.7 Å². The maximum absolute atomic E-state index is 10.8. The maximum Gasteiger partial charge on any atom is 0.197 e. The Balaban J connectivity index is 2.78. The molecule has 0 heterocycles. The molecular weight excluding hydrogens is 254 g/mol. The van der Waals surface area contributed by atoms with Crippen LogP contribution in [0.3, 0.4) is 0 Å². The van der Waals surface area contributed by atoms with Crippen molar-refractivity contribution < 1.29 is 0 Å². The Hall–Kier alpha value is -2.15. The van der Waals surface area contributed by atoms with Gasteiger partial charge in [0.25, 0.3) is 0 Å². The van der Waals surface area contributed by atoms with Gasteiger partial charge in [-0.05, 0) is 29.3 Å². The molecule has 18 heavy (non-hydrogen) atoms. The standard InChI is InChI=1S/C11H9N3O3S/c1-8-6-9-4-2-3-5-10(9)7-11(8)18(12-15,13-16)14-17/h2-7H,1H3. The third-order valence-electron chi connectivity index (χ3n) is 2.65. The van der Waals surface area contributed by atoms with Crippen molar-refractivity contribution in [3.8, 4) is 0 Å². The molecule has 0 saturated heterocycles. The molecule has 0 bridgehead atoms. The molecule has 0 saturated carbocycles. The first-order chi connectivity index (χ1) is 8.66. The van der Waals surface area contributed by atoms with Gasteiger partial charge in [-0.3, -0.25) is 0 Å². The van der Waals surface area contributed by atoms with E-state index in [-0.39, 0.29) is 4.90 Å². The molecule has 0 fully saturated rings. The average molecular weight is 263 g/mol. The maximum atomic E-state index is 10.8. The van der Waals surface area contributed by atoms with Crippen molar-refractivity contribution in [2.45, 2.75) is 11.8 Å². The molecule has 7 heteroatoms. The highest BCUT2D eigenvalue weighted by molar-refractivity contribution is 8.30. The molecule has 6 nitrogen and oxygen atoms in total. The van der Waals surface area contributed by atoms with Crippen LogP contribution in [0.2, 0.25) is 0 Å². The van der Waals surface area contributed by atoms with E-state index in [1.807, 2.05) is 24.3 Å². The monoisotopic (exact) mass is 263 g/mol. The summed E-state index contributed by atoms with van der Waals surface area (Å²) in [5.74, 6) is 0. The topological polar surface area (TPSA) is 88.3 Å². The molecular formula is C11H9N3O3S. The molecule has 0 aliphatic heterocycles. The van der Waals surface area contributed by atoms with Crippen LogP contribution in [0.4, 0.5) is 0 Å². The molecule has 2 aromatic rings. The molecule has 0 aromatic heterocycles. The minimum Gasteiger partial charge on any atom is -0.135 e. The summed E-state index contributed by atoms with van der Waals surface area (Å²) in [6.45, 7) is 1.69. The third kappa shape index (κ3) is 1.78. The van der Waals surface area contributed by atoms with Crippen LogP contribution in [0.15, 0.2) is 55.0 Å². The number of benzene rings is 2. The van der Waals surface area contributed by atoms with Crippen molar-refractivity contribution in [1.82, 2.24) is 0 Å². The van der Waals surface area contributed by atoms with Crippen molar-refractivity contribution in [1.29, 1.82) is 0 Å². The first-order valence-corrected chi connectivity index (χ1v) is 6.54. The zero-order chi connectivity index (χ0) is 13.2. The Bertz CT molecular complexity index is 623. The summed E-state index contributed by atoms with van der Waals surface area (Å²) in [7, 11) is -3.40. The molecule has 0 N–H and O–H groups in total. The Labute approximate surface area is 104 Å². The summed E-state index contributed by atoms with van der Waals surface area (Å²) in [5.41, 5.74) is 0.600. The third-order valence-corrected chi connectivity index (χ3v) is 4.30. The lowest BCUT2D eigenvalue weighted by atomic mass is 10.1. The van der Waals surface area contributed by atoms with Gasteiger partial charge in [-0.15, -0.1) is 14.7 Å². The van der Waals surface area contributed by atoms with Gasteiger partial charge < -0.3 is 0 Å². The van der Waals surface area contributed by atoms with Gasteiger partial charge in [0, 0.05) is 13.7 Å². The lowest BCUT2D eigenvalue weighted by Gasteiger charge is -2.17. The van der Waals surface area contributed by atoms with Crippen molar-refractivity contribution in [3.05, 3.63) is 56.7 Å². The first kappa shape index (κ1) is 12.3. The average Bonchev–Trinajstić information content (AvgIpc) is 2.41. The van der Waals surface area contributed by atoms with Gasteiger partial charge in [0.2, 0.25) is 0 Å². The molecule has 0 radical (unpaired) electrons. The zero-order valence-corrected chi connectivity index (χ0v) is 10.3. The second-order valence-corrected chi connectivity index (χ2v) is 5.63. The minimum absolute atomic E-state index is 0.196. The summed E-state index contributed by atoms with van der Waals surface area (Å²) >= 11 is 0. The van der Waals surface area contributed by atoms with Crippen LogP contribution >= 0.6 is 10.6 Å². The summed E-state index contributed by atoms with van der Waals surface area (Å²) < 4.78 is 7.71. The van der Waals surface area contributed by atoms with Crippen molar-refractivity contribution in [2.75, 3.05) is 0 Å². The van der Waals surface area contributed by atoms with Gasteiger partial charge >= 0.3 is 0 Å². The van der Waals surface area contributed by atoms with E-state index in [1.165, 1.54) is 0 Å². The van der Waals surface area contributed by atoms with E-state index in [4.69, 9.17) is 0 Å². The molecule has 2 rings (SSSR count). The molecule has 0 aliphatic rings. The molecule has 2 aromatic carbocycles. The molecule has 0 spiro atoms. The van der Waals surface area contributed by atoms with Crippen LogP contribution in [0.5, 0.6) is 0 Å². The summed E-state index contributed by atoms with van der Waals surface area (Å²) in [5, 5.41) is 1.74. The van der Waals surface area contributed by atoms with Crippen molar-refractivity contribution in [2.24, 2.45) is 13.7 Å². The highest BCUT2D eigenvalue weighted by Gasteiger charge is 2.33. The predicted octanol–water partition coefficient (Wildman–Crippen LogP) is 4.36. The normalized spacial score (nSPS) is 12.1. The predicted molar refractivity (Wildman–Crippen MR) is 71.9 cm³/mol.